The van der Waals surface area contributed by atoms with E-state index in [1.807, 2.05) is 31.2 Å². The fourth-order valence-corrected chi connectivity index (χ4v) is 3.52. The van der Waals surface area contributed by atoms with E-state index in [2.05, 4.69) is 36.3 Å². The van der Waals surface area contributed by atoms with Gasteiger partial charge in [-0.1, -0.05) is 29.8 Å². The molecule has 1 fully saturated rings. The normalized spacial score (nSPS) is 22.7. The Kier molecular flexibility index (Phi) is 7.80. The molecule has 27 heavy (non-hydrogen) atoms. The minimum atomic E-state index is -0.318. The fraction of sp³-hybridized carbons (Fsp3) is 0.619. The smallest absolute Gasteiger partial charge is 0.222 e. The molecule has 0 radical (unpaired) electrons. The second-order valence-corrected chi connectivity index (χ2v) is 7.73. The summed E-state index contributed by atoms with van der Waals surface area (Å²) in [7, 11) is 0. The summed E-state index contributed by atoms with van der Waals surface area (Å²) in [6.07, 6.45) is 0.640. The summed E-state index contributed by atoms with van der Waals surface area (Å²) in [5, 5.41) is 5.90. The molecule has 0 spiro atoms. The van der Waals surface area contributed by atoms with Crippen molar-refractivity contribution < 1.29 is 14.3 Å². The lowest BCUT2D eigenvalue weighted by Gasteiger charge is -2.39. The molecule has 2 amide bonds. The van der Waals surface area contributed by atoms with Crippen LogP contribution >= 0.6 is 0 Å². The van der Waals surface area contributed by atoms with Crippen LogP contribution in [0.3, 0.4) is 0 Å². The van der Waals surface area contributed by atoms with Gasteiger partial charge in [-0.3, -0.25) is 14.5 Å². The van der Waals surface area contributed by atoms with E-state index in [0.29, 0.717) is 6.54 Å². The number of hydrogen-bond donors (Lipinski definition) is 2. The summed E-state index contributed by atoms with van der Waals surface area (Å²) >= 11 is 0. The predicted molar refractivity (Wildman–Crippen MR) is 106 cm³/mol. The topological polar surface area (TPSA) is 70.7 Å². The molecule has 1 aliphatic heterocycles. The molecule has 1 aromatic rings. The van der Waals surface area contributed by atoms with Gasteiger partial charge in [-0.15, -0.1) is 0 Å². The summed E-state index contributed by atoms with van der Waals surface area (Å²) in [5.74, 6) is -0.200. The van der Waals surface area contributed by atoms with Crippen LogP contribution in [0.4, 0.5) is 0 Å². The Bertz CT molecular complexity index is 622. The average molecular weight is 376 g/mol. The molecule has 1 saturated heterocycles. The standard InChI is InChI=1S/C21H33N3O3/c1-14-6-8-19(9-7-14)20(23-18(5)25)10-21(26)22-11-15(2)24-12-16(3)27-17(4)13-24/h6-9,15-17,20H,10-13H2,1-5H3,(H,22,26)(H,23,25). The molecule has 2 rings (SSSR count). The molecule has 2 N–H and O–H groups in total. The van der Waals surface area contributed by atoms with Crippen molar-refractivity contribution in [2.24, 2.45) is 0 Å². The number of carbonyl (C=O) groups is 2. The summed E-state index contributed by atoms with van der Waals surface area (Å²) in [6.45, 7) is 12.1. The van der Waals surface area contributed by atoms with Gasteiger partial charge in [0.15, 0.2) is 0 Å². The van der Waals surface area contributed by atoms with Gasteiger partial charge in [-0.2, -0.15) is 0 Å². The van der Waals surface area contributed by atoms with E-state index in [9.17, 15) is 9.59 Å². The highest BCUT2D eigenvalue weighted by atomic mass is 16.5. The van der Waals surface area contributed by atoms with Crippen molar-refractivity contribution in [3.05, 3.63) is 35.4 Å². The van der Waals surface area contributed by atoms with Crippen LogP contribution < -0.4 is 10.6 Å². The number of ether oxygens (including phenoxy) is 1. The van der Waals surface area contributed by atoms with Gasteiger partial charge in [0, 0.05) is 32.6 Å². The van der Waals surface area contributed by atoms with Crippen LogP contribution in [0.2, 0.25) is 0 Å². The number of rotatable bonds is 7. The van der Waals surface area contributed by atoms with Crippen molar-refractivity contribution in [3.63, 3.8) is 0 Å². The van der Waals surface area contributed by atoms with Crippen LogP contribution in [0.1, 0.15) is 51.3 Å². The van der Waals surface area contributed by atoms with Crippen LogP contribution in [0.5, 0.6) is 0 Å². The predicted octanol–water partition coefficient (Wildman–Crippen LogP) is 2.18. The van der Waals surface area contributed by atoms with Gasteiger partial charge in [-0.05, 0) is 33.3 Å². The van der Waals surface area contributed by atoms with Crippen LogP contribution in [-0.4, -0.2) is 54.6 Å². The minimum Gasteiger partial charge on any atom is -0.373 e. The van der Waals surface area contributed by atoms with Crippen molar-refractivity contribution in [2.45, 2.75) is 65.3 Å². The highest BCUT2D eigenvalue weighted by molar-refractivity contribution is 5.79. The molecule has 1 heterocycles. The molecule has 150 valence electrons. The lowest BCUT2D eigenvalue weighted by molar-refractivity contribution is -0.123. The highest BCUT2D eigenvalue weighted by Crippen LogP contribution is 2.18. The van der Waals surface area contributed by atoms with Crippen molar-refractivity contribution in [2.75, 3.05) is 19.6 Å². The first-order valence-corrected chi connectivity index (χ1v) is 9.74. The minimum absolute atomic E-state index is 0.0597. The van der Waals surface area contributed by atoms with Crippen LogP contribution in [0, 0.1) is 6.92 Å². The van der Waals surface area contributed by atoms with Crippen LogP contribution in [0.15, 0.2) is 24.3 Å². The lowest BCUT2D eigenvalue weighted by atomic mass is 10.0. The monoisotopic (exact) mass is 375 g/mol. The first-order valence-electron chi connectivity index (χ1n) is 9.74. The van der Waals surface area contributed by atoms with E-state index < -0.39 is 0 Å². The third-order valence-corrected chi connectivity index (χ3v) is 4.91. The number of nitrogens with zero attached hydrogens (tertiary/aromatic N) is 1. The van der Waals surface area contributed by atoms with Crippen LogP contribution in [0.25, 0.3) is 0 Å². The number of nitrogens with one attached hydrogen (secondary N) is 2. The summed E-state index contributed by atoms with van der Waals surface area (Å²) in [6, 6.07) is 7.82. The van der Waals surface area contributed by atoms with Crippen molar-refractivity contribution in [3.8, 4) is 0 Å². The quantitative estimate of drug-likeness (QED) is 0.766. The third kappa shape index (κ3) is 6.96. The fourth-order valence-electron chi connectivity index (χ4n) is 3.52. The maximum Gasteiger partial charge on any atom is 0.222 e. The van der Waals surface area contributed by atoms with Gasteiger partial charge in [0.05, 0.1) is 24.7 Å². The zero-order valence-electron chi connectivity index (χ0n) is 17.1. The SMILES string of the molecule is CC(=O)NC(CC(=O)NCC(C)N1CC(C)OC(C)C1)c1ccc(C)cc1. The number of morpholine rings is 1. The van der Waals surface area contributed by atoms with Crippen molar-refractivity contribution >= 4 is 11.8 Å². The Morgan fingerprint density at radius 1 is 1.19 bits per heavy atom. The van der Waals surface area contributed by atoms with E-state index in [1.54, 1.807) is 0 Å². The maximum absolute atomic E-state index is 12.5. The Morgan fingerprint density at radius 3 is 2.33 bits per heavy atom. The molecular weight excluding hydrogens is 342 g/mol. The summed E-state index contributed by atoms with van der Waals surface area (Å²) < 4.78 is 5.77. The highest BCUT2D eigenvalue weighted by Gasteiger charge is 2.26. The molecule has 6 nitrogen and oxygen atoms in total. The molecule has 4 atom stereocenters. The summed E-state index contributed by atoms with van der Waals surface area (Å²) in [5.41, 5.74) is 2.09. The van der Waals surface area contributed by atoms with E-state index in [-0.39, 0.29) is 42.5 Å². The van der Waals surface area contributed by atoms with Crippen molar-refractivity contribution in [1.82, 2.24) is 15.5 Å². The van der Waals surface area contributed by atoms with Gasteiger partial charge in [0.25, 0.3) is 0 Å². The Balaban J connectivity index is 1.89. The first kappa shape index (κ1) is 21.4. The van der Waals surface area contributed by atoms with Crippen molar-refractivity contribution in [1.29, 1.82) is 0 Å². The number of amides is 2. The number of carbonyl (C=O) groups excluding carboxylic acids is 2. The Labute approximate surface area is 162 Å². The largest absolute Gasteiger partial charge is 0.373 e. The average Bonchev–Trinajstić information content (AvgIpc) is 2.58. The molecular formula is C21H33N3O3. The lowest BCUT2D eigenvalue weighted by Crippen LogP contribution is -2.52. The van der Waals surface area contributed by atoms with Gasteiger partial charge in [0.2, 0.25) is 11.8 Å². The Morgan fingerprint density at radius 2 is 1.78 bits per heavy atom. The van der Waals surface area contributed by atoms with Gasteiger partial charge < -0.3 is 15.4 Å². The molecule has 6 heteroatoms. The first-order chi connectivity index (χ1) is 12.7. The molecule has 1 aromatic carbocycles. The van der Waals surface area contributed by atoms with Gasteiger partial charge in [-0.25, -0.2) is 0 Å². The molecule has 4 unspecified atom stereocenters. The van der Waals surface area contributed by atoms with E-state index in [4.69, 9.17) is 4.74 Å². The number of aryl methyl sites for hydroxylation is 1. The van der Waals surface area contributed by atoms with E-state index in [0.717, 1.165) is 24.2 Å². The van der Waals surface area contributed by atoms with E-state index in [1.165, 1.54) is 6.92 Å². The Hall–Kier alpha value is -1.92. The molecule has 0 aliphatic carbocycles. The van der Waals surface area contributed by atoms with Crippen LogP contribution in [-0.2, 0) is 14.3 Å². The second-order valence-electron chi connectivity index (χ2n) is 7.73. The number of benzene rings is 1. The molecule has 1 aliphatic rings. The molecule has 0 saturated carbocycles. The zero-order chi connectivity index (χ0) is 20.0. The molecule has 0 aromatic heterocycles. The number of hydrogen-bond acceptors (Lipinski definition) is 4. The second kappa shape index (κ2) is 9.85. The third-order valence-electron chi connectivity index (χ3n) is 4.91. The summed E-state index contributed by atoms with van der Waals surface area (Å²) in [4.78, 5) is 26.4. The van der Waals surface area contributed by atoms with Gasteiger partial charge in [0.1, 0.15) is 0 Å². The maximum atomic E-state index is 12.5. The van der Waals surface area contributed by atoms with Gasteiger partial charge >= 0.3 is 0 Å². The molecule has 0 bridgehead atoms. The zero-order valence-corrected chi connectivity index (χ0v) is 17.1. The van der Waals surface area contributed by atoms with E-state index >= 15 is 0 Å².